The maximum absolute atomic E-state index is 13.3. The summed E-state index contributed by atoms with van der Waals surface area (Å²) in [5.41, 5.74) is 0.273. The molecule has 0 aromatic heterocycles. The van der Waals surface area contributed by atoms with Crippen LogP contribution in [0.3, 0.4) is 0 Å². The molecule has 0 unspecified atom stereocenters. The predicted molar refractivity (Wildman–Crippen MR) is 106 cm³/mol. The van der Waals surface area contributed by atoms with Gasteiger partial charge >= 0.3 is 12.6 Å². The number of alkyl halides is 2. The van der Waals surface area contributed by atoms with E-state index >= 15 is 0 Å². The van der Waals surface area contributed by atoms with Gasteiger partial charge in [0, 0.05) is 5.39 Å². The van der Waals surface area contributed by atoms with E-state index in [0.29, 0.717) is 22.1 Å². The zero-order valence-corrected chi connectivity index (χ0v) is 16.1. The van der Waals surface area contributed by atoms with E-state index in [-0.39, 0.29) is 23.2 Å². The molecule has 31 heavy (non-hydrogen) atoms. The first-order valence-corrected chi connectivity index (χ1v) is 9.10. The molecule has 2 amide bonds. The number of benzene rings is 3. The standard InChI is InChI=1S/C22H15F2NO6/c1-30-14-4-2-3-12-10-15(31-22(23)24)18-19(17(12)14)21(29)25(20(18)28)13-7-5-11(6-8-13)9-16(26)27/h2-8,10,22H,9H2,1H3,(H,26,27). The minimum Gasteiger partial charge on any atom is -0.496 e. The second-order valence-electron chi connectivity index (χ2n) is 6.74. The fourth-order valence-corrected chi connectivity index (χ4v) is 3.67. The summed E-state index contributed by atoms with van der Waals surface area (Å²) in [4.78, 5) is 38.2. The monoisotopic (exact) mass is 427 g/mol. The van der Waals surface area contributed by atoms with Gasteiger partial charge in [0.1, 0.15) is 11.5 Å². The maximum Gasteiger partial charge on any atom is 0.387 e. The Balaban J connectivity index is 1.89. The third-order valence-corrected chi connectivity index (χ3v) is 4.91. The molecular formula is C22H15F2NO6. The van der Waals surface area contributed by atoms with Gasteiger partial charge in [0.25, 0.3) is 11.8 Å². The highest BCUT2D eigenvalue weighted by molar-refractivity contribution is 6.39. The highest BCUT2D eigenvalue weighted by Crippen LogP contribution is 2.42. The maximum atomic E-state index is 13.3. The van der Waals surface area contributed by atoms with Crippen LogP contribution in [0.25, 0.3) is 10.8 Å². The zero-order valence-electron chi connectivity index (χ0n) is 16.1. The number of nitrogens with zero attached hydrogens (tertiary/aromatic N) is 1. The van der Waals surface area contributed by atoms with Gasteiger partial charge in [0.05, 0.1) is 30.3 Å². The van der Waals surface area contributed by atoms with Gasteiger partial charge < -0.3 is 14.6 Å². The Hall–Kier alpha value is -4.01. The van der Waals surface area contributed by atoms with Gasteiger partial charge in [-0.3, -0.25) is 14.4 Å². The van der Waals surface area contributed by atoms with Gasteiger partial charge in [-0.1, -0.05) is 24.3 Å². The first-order valence-electron chi connectivity index (χ1n) is 9.10. The summed E-state index contributed by atoms with van der Waals surface area (Å²) in [7, 11) is 1.39. The lowest BCUT2D eigenvalue weighted by Crippen LogP contribution is -2.29. The first kappa shape index (κ1) is 20.3. The third-order valence-electron chi connectivity index (χ3n) is 4.91. The summed E-state index contributed by atoms with van der Waals surface area (Å²) < 4.78 is 35.9. The van der Waals surface area contributed by atoms with E-state index in [2.05, 4.69) is 4.74 Å². The van der Waals surface area contributed by atoms with Gasteiger partial charge in [-0.05, 0) is 35.2 Å². The SMILES string of the molecule is COc1cccc2cc(OC(F)F)c3c(c12)C(=O)N(c1ccc(CC(=O)O)cc1)C3=O. The molecular weight excluding hydrogens is 412 g/mol. The minimum atomic E-state index is -3.19. The zero-order chi connectivity index (χ0) is 22.3. The van der Waals surface area contributed by atoms with Crippen LogP contribution in [-0.4, -0.2) is 36.6 Å². The summed E-state index contributed by atoms with van der Waals surface area (Å²) in [6, 6.07) is 11.9. The Morgan fingerprint density at radius 3 is 2.32 bits per heavy atom. The van der Waals surface area contributed by atoms with Crippen molar-refractivity contribution < 1.29 is 37.7 Å². The van der Waals surface area contributed by atoms with Crippen LogP contribution in [0, 0.1) is 0 Å². The number of hydrogen-bond acceptors (Lipinski definition) is 5. The molecule has 1 aliphatic rings. The molecule has 1 aliphatic heterocycles. The van der Waals surface area contributed by atoms with E-state index in [4.69, 9.17) is 9.84 Å². The number of fused-ring (bicyclic) bond motifs is 3. The number of carbonyl (C=O) groups is 3. The van der Waals surface area contributed by atoms with Crippen LogP contribution in [0.2, 0.25) is 0 Å². The van der Waals surface area contributed by atoms with Crippen molar-refractivity contribution in [2.75, 3.05) is 12.0 Å². The van der Waals surface area contributed by atoms with Crippen molar-refractivity contribution in [2.24, 2.45) is 0 Å². The highest BCUT2D eigenvalue weighted by Gasteiger charge is 2.42. The molecule has 0 bridgehead atoms. The molecule has 1 heterocycles. The topological polar surface area (TPSA) is 93.1 Å². The molecule has 158 valence electrons. The highest BCUT2D eigenvalue weighted by atomic mass is 19.3. The molecule has 0 atom stereocenters. The number of rotatable bonds is 6. The number of ether oxygens (including phenoxy) is 2. The van der Waals surface area contributed by atoms with Gasteiger partial charge in [0.2, 0.25) is 0 Å². The normalized spacial score (nSPS) is 13.1. The van der Waals surface area contributed by atoms with Gasteiger partial charge in [-0.15, -0.1) is 0 Å². The number of hydrogen-bond donors (Lipinski definition) is 1. The lowest BCUT2D eigenvalue weighted by atomic mass is 9.98. The van der Waals surface area contributed by atoms with E-state index in [9.17, 15) is 23.2 Å². The minimum absolute atomic E-state index is 0.0924. The van der Waals surface area contributed by atoms with Crippen LogP contribution in [-0.2, 0) is 11.2 Å². The molecule has 0 saturated carbocycles. The summed E-state index contributed by atoms with van der Waals surface area (Å²) in [6.07, 6.45) is -0.226. The van der Waals surface area contributed by atoms with Gasteiger partial charge in [-0.2, -0.15) is 8.78 Å². The number of anilines is 1. The van der Waals surface area contributed by atoms with Gasteiger partial charge in [-0.25, -0.2) is 4.90 Å². The van der Waals surface area contributed by atoms with Crippen molar-refractivity contribution in [1.29, 1.82) is 0 Å². The molecule has 3 aromatic carbocycles. The molecule has 0 aliphatic carbocycles. The van der Waals surface area contributed by atoms with E-state index in [1.807, 2.05) is 0 Å². The molecule has 0 spiro atoms. The summed E-state index contributed by atoms with van der Waals surface area (Å²) in [5.74, 6) is -2.68. The summed E-state index contributed by atoms with van der Waals surface area (Å²) >= 11 is 0. The number of halogens is 2. The molecule has 9 heteroatoms. The number of methoxy groups -OCH3 is 1. The van der Waals surface area contributed by atoms with Crippen LogP contribution in [0.1, 0.15) is 26.3 Å². The molecule has 4 rings (SSSR count). The molecule has 0 radical (unpaired) electrons. The van der Waals surface area contributed by atoms with Crippen molar-refractivity contribution in [3.8, 4) is 11.5 Å². The average Bonchev–Trinajstić information content (AvgIpc) is 2.98. The van der Waals surface area contributed by atoms with Crippen molar-refractivity contribution in [3.63, 3.8) is 0 Å². The van der Waals surface area contributed by atoms with E-state index in [1.165, 1.54) is 37.4 Å². The summed E-state index contributed by atoms with van der Waals surface area (Å²) in [6.45, 7) is -3.19. The van der Waals surface area contributed by atoms with Crippen LogP contribution >= 0.6 is 0 Å². The number of carboxylic acids is 1. The molecule has 0 fully saturated rings. The van der Waals surface area contributed by atoms with E-state index < -0.39 is 30.1 Å². The number of amides is 2. The van der Waals surface area contributed by atoms with Crippen LogP contribution in [0.4, 0.5) is 14.5 Å². The second-order valence-corrected chi connectivity index (χ2v) is 6.74. The van der Waals surface area contributed by atoms with Gasteiger partial charge in [0.15, 0.2) is 0 Å². The van der Waals surface area contributed by atoms with Crippen LogP contribution in [0.5, 0.6) is 11.5 Å². The fourth-order valence-electron chi connectivity index (χ4n) is 3.67. The number of aliphatic carboxylic acids is 1. The smallest absolute Gasteiger partial charge is 0.387 e. The second kappa shape index (κ2) is 7.67. The molecule has 3 aromatic rings. The Morgan fingerprint density at radius 1 is 1.03 bits per heavy atom. The molecule has 7 nitrogen and oxygen atoms in total. The van der Waals surface area contributed by atoms with Crippen molar-refractivity contribution >= 4 is 34.2 Å². The first-order chi connectivity index (χ1) is 14.8. The lowest BCUT2D eigenvalue weighted by Gasteiger charge is -2.14. The van der Waals surface area contributed by atoms with E-state index in [0.717, 1.165) is 4.90 Å². The van der Waals surface area contributed by atoms with E-state index in [1.54, 1.807) is 18.2 Å². The van der Waals surface area contributed by atoms with Crippen LogP contribution < -0.4 is 14.4 Å². The lowest BCUT2D eigenvalue weighted by molar-refractivity contribution is -0.136. The average molecular weight is 427 g/mol. The largest absolute Gasteiger partial charge is 0.496 e. The van der Waals surface area contributed by atoms with Crippen molar-refractivity contribution in [3.05, 3.63) is 65.2 Å². The Labute approximate surface area is 174 Å². The van der Waals surface area contributed by atoms with Crippen LogP contribution in [0.15, 0.2) is 48.5 Å². The Bertz CT molecular complexity index is 1220. The summed E-state index contributed by atoms with van der Waals surface area (Å²) in [5, 5.41) is 9.60. The quantitative estimate of drug-likeness (QED) is 0.601. The fraction of sp³-hybridized carbons (Fsp3) is 0.136. The number of carbonyl (C=O) groups excluding carboxylic acids is 2. The van der Waals surface area contributed by atoms with Crippen molar-refractivity contribution in [1.82, 2.24) is 0 Å². The molecule has 1 N–H and O–H groups in total. The number of carboxylic acid groups (broad SMARTS) is 1. The van der Waals surface area contributed by atoms with Crippen molar-refractivity contribution in [2.45, 2.75) is 13.0 Å². The number of imide groups is 1. The predicted octanol–water partition coefficient (Wildman–Crippen LogP) is 3.88. The Kier molecular flexibility index (Phi) is 5.02. The Morgan fingerprint density at radius 2 is 1.71 bits per heavy atom. The third kappa shape index (κ3) is 3.43. The molecule has 0 saturated heterocycles.